The van der Waals surface area contributed by atoms with Crippen molar-refractivity contribution in [3.8, 4) is 0 Å². The number of nitrogens with one attached hydrogen (secondary N) is 1. The van der Waals surface area contributed by atoms with E-state index in [4.69, 9.17) is 0 Å². The molecule has 2 rings (SSSR count). The lowest BCUT2D eigenvalue weighted by molar-refractivity contribution is 0.335. The molecule has 1 aliphatic heterocycles. The molecule has 0 atom stereocenters. The highest BCUT2D eigenvalue weighted by Gasteiger charge is 2.09. The van der Waals surface area contributed by atoms with Gasteiger partial charge in [-0.05, 0) is 50.0 Å². The molecule has 0 bridgehead atoms. The van der Waals surface area contributed by atoms with Crippen molar-refractivity contribution >= 4 is 0 Å². The van der Waals surface area contributed by atoms with Gasteiger partial charge in [0, 0.05) is 32.0 Å². The van der Waals surface area contributed by atoms with Crippen LogP contribution in [0.5, 0.6) is 0 Å². The molecule has 2 heterocycles. The van der Waals surface area contributed by atoms with Crippen molar-refractivity contribution in [2.75, 3.05) is 26.2 Å². The summed E-state index contributed by atoms with van der Waals surface area (Å²) < 4.78 is 0. The molecule has 1 aromatic heterocycles. The summed E-state index contributed by atoms with van der Waals surface area (Å²) in [6.07, 6.45) is 6.55. The Bertz CT molecular complexity index is 319. The number of pyridine rings is 1. The van der Waals surface area contributed by atoms with E-state index < -0.39 is 0 Å². The van der Waals surface area contributed by atoms with E-state index >= 15 is 0 Å². The smallest absolute Gasteiger partial charge is 0.0300 e. The summed E-state index contributed by atoms with van der Waals surface area (Å²) >= 11 is 0. The van der Waals surface area contributed by atoms with E-state index in [-0.39, 0.29) is 0 Å². The topological polar surface area (TPSA) is 28.2 Å². The van der Waals surface area contributed by atoms with E-state index in [0.717, 1.165) is 13.1 Å². The van der Waals surface area contributed by atoms with Crippen molar-refractivity contribution in [2.24, 2.45) is 0 Å². The van der Waals surface area contributed by atoms with Crippen molar-refractivity contribution in [3.05, 3.63) is 29.6 Å². The number of likely N-dealkylation sites (tertiary alicyclic amines) is 1. The first-order valence-electron chi connectivity index (χ1n) is 6.19. The molecule has 16 heavy (non-hydrogen) atoms. The van der Waals surface area contributed by atoms with E-state index in [1.54, 1.807) is 0 Å². The van der Waals surface area contributed by atoms with Crippen molar-refractivity contribution in [2.45, 2.75) is 26.3 Å². The zero-order valence-corrected chi connectivity index (χ0v) is 10.1. The van der Waals surface area contributed by atoms with Crippen LogP contribution in [0, 0.1) is 6.92 Å². The molecule has 1 aromatic rings. The molecule has 0 aromatic carbocycles. The van der Waals surface area contributed by atoms with Crippen LogP contribution < -0.4 is 5.32 Å². The Kier molecular flexibility index (Phi) is 4.31. The molecule has 3 heteroatoms. The summed E-state index contributed by atoms with van der Waals surface area (Å²) in [5.74, 6) is 0. The molecular weight excluding hydrogens is 198 g/mol. The first-order valence-corrected chi connectivity index (χ1v) is 6.19. The fourth-order valence-corrected chi connectivity index (χ4v) is 2.17. The average molecular weight is 219 g/mol. The van der Waals surface area contributed by atoms with Crippen LogP contribution in [0.15, 0.2) is 18.5 Å². The predicted molar refractivity (Wildman–Crippen MR) is 66.4 cm³/mol. The van der Waals surface area contributed by atoms with Gasteiger partial charge in [-0.15, -0.1) is 0 Å². The van der Waals surface area contributed by atoms with Gasteiger partial charge in [-0.25, -0.2) is 0 Å². The van der Waals surface area contributed by atoms with Gasteiger partial charge >= 0.3 is 0 Å². The van der Waals surface area contributed by atoms with Gasteiger partial charge in [0.2, 0.25) is 0 Å². The Hall–Kier alpha value is -0.930. The quantitative estimate of drug-likeness (QED) is 0.762. The Morgan fingerprint density at radius 1 is 1.38 bits per heavy atom. The van der Waals surface area contributed by atoms with Crippen LogP contribution in [0.25, 0.3) is 0 Å². The molecule has 0 saturated carbocycles. The average Bonchev–Trinajstić information content (AvgIpc) is 2.79. The highest BCUT2D eigenvalue weighted by atomic mass is 15.1. The molecule has 0 radical (unpaired) electrons. The number of rotatable bonds is 5. The Labute approximate surface area is 97.9 Å². The van der Waals surface area contributed by atoms with Gasteiger partial charge in [-0.3, -0.25) is 4.98 Å². The monoisotopic (exact) mass is 219 g/mol. The molecule has 0 aliphatic carbocycles. The molecule has 3 nitrogen and oxygen atoms in total. The maximum Gasteiger partial charge on any atom is 0.0300 e. The molecule has 1 fully saturated rings. The standard InChI is InChI=1S/C13H21N3/c1-12-10-14-5-4-13(12)11-15-6-9-16-7-2-3-8-16/h4-5,10,15H,2-3,6-9,11H2,1H3. The summed E-state index contributed by atoms with van der Waals surface area (Å²) in [5.41, 5.74) is 2.63. The second-order valence-electron chi connectivity index (χ2n) is 4.53. The van der Waals surface area contributed by atoms with E-state index in [1.165, 1.54) is 43.6 Å². The molecular formula is C13H21N3. The lowest BCUT2D eigenvalue weighted by Crippen LogP contribution is -2.29. The van der Waals surface area contributed by atoms with Crippen LogP contribution in [0.1, 0.15) is 24.0 Å². The van der Waals surface area contributed by atoms with Gasteiger partial charge in [-0.2, -0.15) is 0 Å². The third-order valence-corrected chi connectivity index (χ3v) is 3.26. The maximum atomic E-state index is 4.10. The number of aromatic nitrogens is 1. The van der Waals surface area contributed by atoms with Gasteiger partial charge in [0.25, 0.3) is 0 Å². The molecule has 1 N–H and O–H groups in total. The van der Waals surface area contributed by atoms with Crippen LogP contribution in [0.2, 0.25) is 0 Å². The summed E-state index contributed by atoms with van der Waals surface area (Å²) in [6, 6.07) is 2.10. The van der Waals surface area contributed by atoms with Crippen LogP contribution in [-0.4, -0.2) is 36.1 Å². The number of hydrogen-bond acceptors (Lipinski definition) is 3. The second-order valence-corrected chi connectivity index (χ2v) is 4.53. The number of hydrogen-bond donors (Lipinski definition) is 1. The minimum absolute atomic E-state index is 0.961. The van der Waals surface area contributed by atoms with Crippen molar-refractivity contribution < 1.29 is 0 Å². The van der Waals surface area contributed by atoms with E-state index in [9.17, 15) is 0 Å². The molecule has 1 aliphatic rings. The zero-order chi connectivity index (χ0) is 11.2. The van der Waals surface area contributed by atoms with Crippen LogP contribution in [-0.2, 0) is 6.54 Å². The molecule has 0 amide bonds. The van der Waals surface area contributed by atoms with Gasteiger partial charge in [0.05, 0.1) is 0 Å². The molecule has 0 unspecified atom stereocenters. The van der Waals surface area contributed by atoms with Gasteiger partial charge in [0.1, 0.15) is 0 Å². The predicted octanol–water partition coefficient (Wildman–Crippen LogP) is 1.58. The molecule has 0 spiro atoms. The van der Waals surface area contributed by atoms with Crippen LogP contribution >= 0.6 is 0 Å². The van der Waals surface area contributed by atoms with Crippen molar-refractivity contribution in [3.63, 3.8) is 0 Å². The van der Waals surface area contributed by atoms with Crippen LogP contribution in [0.3, 0.4) is 0 Å². The van der Waals surface area contributed by atoms with E-state index in [2.05, 4.69) is 28.2 Å². The number of aryl methyl sites for hydroxylation is 1. The summed E-state index contributed by atoms with van der Waals surface area (Å²) in [4.78, 5) is 6.63. The van der Waals surface area contributed by atoms with E-state index in [0.29, 0.717) is 0 Å². The first kappa shape index (κ1) is 11.6. The normalized spacial score (nSPS) is 16.8. The highest BCUT2D eigenvalue weighted by molar-refractivity contribution is 5.21. The first-order chi connectivity index (χ1) is 7.86. The lowest BCUT2D eigenvalue weighted by Gasteiger charge is -2.15. The summed E-state index contributed by atoms with van der Waals surface area (Å²) in [7, 11) is 0. The third kappa shape index (κ3) is 3.29. The Morgan fingerprint density at radius 3 is 2.94 bits per heavy atom. The summed E-state index contributed by atoms with van der Waals surface area (Å²) in [6.45, 7) is 7.92. The van der Waals surface area contributed by atoms with Gasteiger partial charge < -0.3 is 10.2 Å². The minimum Gasteiger partial charge on any atom is -0.311 e. The van der Waals surface area contributed by atoms with E-state index in [1.807, 2.05) is 12.4 Å². The minimum atomic E-state index is 0.961. The Balaban J connectivity index is 1.66. The van der Waals surface area contributed by atoms with Crippen molar-refractivity contribution in [1.29, 1.82) is 0 Å². The van der Waals surface area contributed by atoms with Gasteiger partial charge in [-0.1, -0.05) is 0 Å². The summed E-state index contributed by atoms with van der Waals surface area (Å²) in [5, 5.41) is 3.50. The maximum absolute atomic E-state index is 4.10. The largest absolute Gasteiger partial charge is 0.311 e. The molecule has 1 saturated heterocycles. The fourth-order valence-electron chi connectivity index (χ4n) is 2.17. The molecule has 88 valence electrons. The Morgan fingerprint density at radius 2 is 2.19 bits per heavy atom. The SMILES string of the molecule is Cc1cnccc1CNCCN1CCCC1. The van der Waals surface area contributed by atoms with Crippen LogP contribution in [0.4, 0.5) is 0 Å². The number of nitrogens with zero attached hydrogens (tertiary/aromatic N) is 2. The third-order valence-electron chi connectivity index (χ3n) is 3.26. The zero-order valence-electron chi connectivity index (χ0n) is 10.1. The second kappa shape index (κ2) is 5.97. The highest BCUT2D eigenvalue weighted by Crippen LogP contribution is 2.06. The lowest BCUT2D eigenvalue weighted by atomic mass is 10.1. The fraction of sp³-hybridized carbons (Fsp3) is 0.615. The van der Waals surface area contributed by atoms with Gasteiger partial charge in [0.15, 0.2) is 0 Å². The van der Waals surface area contributed by atoms with Crippen molar-refractivity contribution in [1.82, 2.24) is 15.2 Å².